The molecule has 1 fully saturated rings. The fourth-order valence-electron chi connectivity index (χ4n) is 2.38. The molecule has 1 N–H and O–H groups in total. The van der Waals surface area contributed by atoms with Crippen LogP contribution in [0.15, 0.2) is 27.9 Å². The first kappa shape index (κ1) is 17.3. The van der Waals surface area contributed by atoms with Crippen LogP contribution in [-0.2, 0) is 12.3 Å². The van der Waals surface area contributed by atoms with Crippen molar-refractivity contribution in [3.8, 4) is 12.1 Å². The average Bonchev–Trinajstić information content (AvgIpc) is 3.14. The molecule has 0 aliphatic carbocycles. The Morgan fingerprint density at radius 3 is 2.78 bits per heavy atom. The lowest BCUT2D eigenvalue weighted by atomic mass is 10.3. The van der Waals surface area contributed by atoms with Crippen LogP contribution in [0.3, 0.4) is 0 Å². The number of thioether (sulfide) groups is 1. The smallest absolute Gasteiger partial charge is 0.169 e. The Labute approximate surface area is 141 Å². The summed E-state index contributed by atoms with van der Waals surface area (Å²) in [6.07, 6.45) is 0. The summed E-state index contributed by atoms with van der Waals surface area (Å²) in [6.45, 7) is 3.23. The van der Waals surface area contributed by atoms with E-state index >= 15 is 0 Å². The molecule has 1 aromatic rings. The van der Waals surface area contributed by atoms with Crippen molar-refractivity contribution in [3.63, 3.8) is 0 Å². The Kier molecular flexibility index (Phi) is 6.40. The number of nitrogens with zero attached hydrogens (tertiary/aromatic N) is 4. The minimum Gasteiger partial charge on any atom is -0.464 e. The molecule has 0 saturated carbocycles. The van der Waals surface area contributed by atoms with Gasteiger partial charge in [0.1, 0.15) is 29.5 Å². The molecule has 0 radical (unpaired) electrons. The third-order valence-corrected chi connectivity index (χ3v) is 4.35. The van der Waals surface area contributed by atoms with E-state index in [1.165, 1.54) is 0 Å². The van der Waals surface area contributed by atoms with Crippen LogP contribution >= 0.6 is 11.8 Å². The zero-order valence-electron chi connectivity index (χ0n) is 13.5. The Morgan fingerprint density at radius 1 is 1.35 bits per heavy atom. The van der Waals surface area contributed by atoms with Gasteiger partial charge in [-0.05, 0) is 26.2 Å². The van der Waals surface area contributed by atoms with E-state index < -0.39 is 0 Å². The van der Waals surface area contributed by atoms with Crippen LogP contribution in [-0.4, -0.2) is 49.3 Å². The van der Waals surface area contributed by atoms with Gasteiger partial charge in [0.25, 0.3) is 0 Å². The molecule has 0 atom stereocenters. The highest BCUT2D eigenvalue weighted by Crippen LogP contribution is 2.18. The van der Waals surface area contributed by atoms with E-state index in [0.29, 0.717) is 5.82 Å². The van der Waals surface area contributed by atoms with Gasteiger partial charge in [-0.25, -0.2) is 0 Å². The standard InChI is InChI=1S/C16H21N5OS/c1-20(2)11-14-3-4-15(22-14)12-23-8-7-21-6-5-19-16(21)13(9-17)10-18/h3-4,19H,5-8,11-12H2,1-2H3. The van der Waals surface area contributed by atoms with Gasteiger partial charge in [0.2, 0.25) is 0 Å². The Balaban J connectivity index is 1.77. The van der Waals surface area contributed by atoms with E-state index in [1.807, 2.05) is 38.4 Å². The summed E-state index contributed by atoms with van der Waals surface area (Å²) in [6, 6.07) is 7.94. The highest BCUT2D eigenvalue weighted by Gasteiger charge is 2.20. The summed E-state index contributed by atoms with van der Waals surface area (Å²) in [5, 5.41) is 21.1. The van der Waals surface area contributed by atoms with Gasteiger partial charge in [0.15, 0.2) is 5.57 Å². The first-order valence-electron chi connectivity index (χ1n) is 7.47. The monoisotopic (exact) mass is 331 g/mol. The minimum absolute atomic E-state index is 0.159. The van der Waals surface area contributed by atoms with Crippen LogP contribution in [0.4, 0.5) is 0 Å². The van der Waals surface area contributed by atoms with E-state index in [2.05, 4.69) is 15.1 Å². The maximum Gasteiger partial charge on any atom is 0.169 e. The quantitative estimate of drug-likeness (QED) is 0.602. The second kappa shape index (κ2) is 8.52. The molecule has 0 amide bonds. The third-order valence-electron chi connectivity index (χ3n) is 3.39. The topological polar surface area (TPSA) is 79.2 Å². The zero-order valence-corrected chi connectivity index (χ0v) is 14.3. The number of rotatable bonds is 7. The molecule has 1 aliphatic rings. The molecule has 1 aliphatic heterocycles. The molecule has 2 heterocycles. The van der Waals surface area contributed by atoms with Crippen molar-refractivity contribution < 1.29 is 4.42 Å². The summed E-state index contributed by atoms with van der Waals surface area (Å²) in [5.74, 6) is 4.38. The molecule has 1 saturated heterocycles. The lowest BCUT2D eigenvalue weighted by Crippen LogP contribution is -2.24. The van der Waals surface area contributed by atoms with E-state index in [9.17, 15) is 0 Å². The fraction of sp³-hybridized carbons (Fsp3) is 0.500. The van der Waals surface area contributed by atoms with Crippen LogP contribution in [0.1, 0.15) is 11.5 Å². The molecule has 6 nitrogen and oxygen atoms in total. The molecular formula is C16H21N5OS. The van der Waals surface area contributed by atoms with Crippen molar-refractivity contribution in [2.45, 2.75) is 12.3 Å². The van der Waals surface area contributed by atoms with Gasteiger partial charge in [0, 0.05) is 25.4 Å². The van der Waals surface area contributed by atoms with Gasteiger partial charge in [-0.3, -0.25) is 0 Å². The number of hydrogen-bond donors (Lipinski definition) is 1. The van der Waals surface area contributed by atoms with Gasteiger partial charge in [-0.1, -0.05) is 0 Å². The Morgan fingerprint density at radius 2 is 2.09 bits per heavy atom. The maximum atomic E-state index is 8.97. The molecule has 0 aromatic carbocycles. The normalized spacial score (nSPS) is 13.8. The summed E-state index contributed by atoms with van der Waals surface area (Å²) < 4.78 is 5.78. The van der Waals surface area contributed by atoms with Gasteiger partial charge in [-0.15, -0.1) is 0 Å². The zero-order chi connectivity index (χ0) is 16.7. The highest BCUT2D eigenvalue weighted by molar-refractivity contribution is 7.98. The fourth-order valence-corrected chi connectivity index (χ4v) is 3.23. The van der Waals surface area contributed by atoms with E-state index in [4.69, 9.17) is 14.9 Å². The molecule has 0 spiro atoms. The third kappa shape index (κ3) is 4.95. The summed E-state index contributed by atoms with van der Waals surface area (Å²) >= 11 is 1.79. The average molecular weight is 331 g/mol. The Hall–Kier alpha value is -2.09. The summed E-state index contributed by atoms with van der Waals surface area (Å²) in [4.78, 5) is 4.14. The second-order valence-corrected chi connectivity index (χ2v) is 6.62. The van der Waals surface area contributed by atoms with Gasteiger partial charge in [-0.2, -0.15) is 22.3 Å². The van der Waals surface area contributed by atoms with Crippen molar-refractivity contribution in [3.05, 3.63) is 35.0 Å². The number of furan rings is 1. The largest absolute Gasteiger partial charge is 0.464 e. The van der Waals surface area contributed by atoms with E-state index in [0.717, 1.165) is 49.2 Å². The molecule has 0 unspecified atom stereocenters. The van der Waals surface area contributed by atoms with Crippen molar-refractivity contribution in [2.24, 2.45) is 0 Å². The van der Waals surface area contributed by atoms with Crippen LogP contribution in [0.25, 0.3) is 0 Å². The van der Waals surface area contributed by atoms with Gasteiger partial charge in [0.05, 0.1) is 12.3 Å². The number of nitrogens with one attached hydrogen (secondary N) is 1. The minimum atomic E-state index is 0.159. The SMILES string of the molecule is CN(C)Cc1ccc(CSCCN2CCNC2=C(C#N)C#N)o1. The summed E-state index contributed by atoms with van der Waals surface area (Å²) in [7, 11) is 4.03. The van der Waals surface area contributed by atoms with Crippen LogP contribution in [0, 0.1) is 22.7 Å². The number of nitriles is 2. The molecule has 7 heteroatoms. The highest BCUT2D eigenvalue weighted by atomic mass is 32.2. The Bertz CT molecular complexity index is 622. The lowest BCUT2D eigenvalue weighted by Gasteiger charge is -2.18. The van der Waals surface area contributed by atoms with Gasteiger partial charge < -0.3 is 19.5 Å². The number of allylic oxidation sites excluding steroid dienone is 1. The second-order valence-electron chi connectivity index (χ2n) is 5.52. The maximum absolute atomic E-state index is 8.97. The van der Waals surface area contributed by atoms with Gasteiger partial charge >= 0.3 is 0 Å². The molecule has 0 bridgehead atoms. The van der Waals surface area contributed by atoms with Crippen molar-refractivity contribution in [1.82, 2.24) is 15.1 Å². The molecule has 122 valence electrons. The van der Waals surface area contributed by atoms with Crippen molar-refractivity contribution >= 4 is 11.8 Å². The first-order chi connectivity index (χ1) is 11.1. The van der Waals surface area contributed by atoms with E-state index in [-0.39, 0.29) is 5.57 Å². The van der Waals surface area contributed by atoms with Crippen LogP contribution < -0.4 is 5.32 Å². The summed E-state index contributed by atoms with van der Waals surface area (Å²) in [5.41, 5.74) is 0.159. The predicted molar refractivity (Wildman–Crippen MR) is 90.1 cm³/mol. The van der Waals surface area contributed by atoms with Crippen LogP contribution in [0.5, 0.6) is 0 Å². The number of hydrogen-bond acceptors (Lipinski definition) is 7. The van der Waals surface area contributed by atoms with Crippen LogP contribution in [0.2, 0.25) is 0 Å². The van der Waals surface area contributed by atoms with Crippen molar-refractivity contribution in [2.75, 3.05) is 39.5 Å². The van der Waals surface area contributed by atoms with Crippen molar-refractivity contribution in [1.29, 1.82) is 10.5 Å². The van der Waals surface area contributed by atoms with E-state index in [1.54, 1.807) is 11.8 Å². The lowest BCUT2D eigenvalue weighted by molar-refractivity contribution is 0.344. The molecule has 1 aromatic heterocycles. The molecule has 2 rings (SSSR count). The first-order valence-corrected chi connectivity index (χ1v) is 8.63. The molecule has 23 heavy (non-hydrogen) atoms. The molecular weight excluding hydrogens is 310 g/mol. The predicted octanol–water partition coefficient (Wildman–Crippen LogP) is 1.74.